The molecule has 0 aromatic heterocycles. The Labute approximate surface area is 102 Å². The summed E-state index contributed by atoms with van der Waals surface area (Å²) in [7, 11) is 2.52. The molecule has 0 aromatic rings. The summed E-state index contributed by atoms with van der Waals surface area (Å²) in [6.45, 7) is -0.345. The maximum Gasteiger partial charge on any atom is 0.150 e. The Bertz CT molecular complexity index is 403. The van der Waals surface area contributed by atoms with Crippen molar-refractivity contribution in [3.8, 4) is 5.69 Å². The van der Waals surface area contributed by atoms with Gasteiger partial charge in [0.2, 0.25) is 0 Å². The third-order valence-corrected chi connectivity index (χ3v) is 4.99. The first-order valence-corrected chi connectivity index (χ1v) is 6.87. The van der Waals surface area contributed by atoms with Gasteiger partial charge in [-0.25, -0.2) is 0 Å². The van der Waals surface area contributed by atoms with Crippen LogP contribution in [0.4, 0.5) is 0 Å². The van der Waals surface area contributed by atoms with Gasteiger partial charge in [-0.3, -0.25) is 4.99 Å². The summed E-state index contributed by atoms with van der Waals surface area (Å²) in [4.78, 5) is 6.11. The Kier molecular flexibility index (Phi) is 3.49. The van der Waals surface area contributed by atoms with Crippen molar-refractivity contribution in [3.05, 3.63) is 0 Å². The van der Waals surface area contributed by atoms with Gasteiger partial charge in [0.15, 0.2) is 5.17 Å². The van der Waals surface area contributed by atoms with E-state index in [2.05, 4.69) is 4.99 Å². The molecule has 0 bridgehead atoms. The van der Waals surface area contributed by atoms with Crippen molar-refractivity contribution in [3.63, 3.8) is 0 Å². The fraction of sp³-hybridized carbons (Fsp3) is 0.800. The maximum atomic E-state index is 9.95. The Balaban J connectivity index is 2.27. The van der Waals surface area contributed by atoms with Crippen molar-refractivity contribution >= 4 is 15.5 Å². The molecule has 6 nitrogen and oxygen atoms in total. The molecule has 1 fully saturated rings. The highest BCUT2D eigenvalue weighted by Crippen LogP contribution is 2.39. The van der Waals surface area contributed by atoms with Crippen LogP contribution in [0.1, 0.15) is 0 Å². The van der Waals surface area contributed by atoms with Gasteiger partial charge in [0, 0.05) is 14.1 Å². The van der Waals surface area contributed by atoms with Crippen LogP contribution in [0.5, 0.6) is 0 Å². The molecule has 0 spiro atoms. The van der Waals surface area contributed by atoms with Gasteiger partial charge >= 0.3 is 0 Å². The van der Waals surface area contributed by atoms with E-state index in [0.717, 1.165) is 0 Å². The monoisotopic (exact) mass is 262 g/mol. The first-order chi connectivity index (χ1) is 7.97. The molecule has 6 atom stereocenters. The van der Waals surface area contributed by atoms with Gasteiger partial charge in [0.05, 0.1) is 6.61 Å². The summed E-state index contributed by atoms with van der Waals surface area (Å²) >= 11 is 0. The summed E-state index contributed by atoms with van der Waals surface area (Å²) in [6, 6.07) is -0.540. The second-order valence-corrected chi connectivity index (χ2v) is 6.17. The molecule has 7 heteroatoms. The highest BCUT2D eigenvalue weighted by molar-refractivity contribution is 8.21. The fourth-order valence-electron chi connectivity index (χ4n) is 2.11. The zero-order valence-electron chi connectivity index (χ0n) is 9.76. The molecule has 2 aliphatic heterocycles. The number of ether oxygens (including phenoxy) is 1. The predicted molar refractivity (Wildman–Crippen MR) is 66.6 cm³/mol. The highest BCUT2D eigenvalue weighted by atomic mass is 32.2. The minimum Gasteiger partial charge on any atom is -0.394 e. The van der Waals surface area contributed by atoms with E-state index in [4.69, 9.17) is 15.5 Å². The number of aliphatic hydroxyl groups excluding tert-OH is 3. The number of aliphatic hydroxyl groups is 3. The van der Waals surface area contributed by atoms with E-state index in [1.807, 2.05) is 14.1 Å². The number of nitrogens with zero attached hydrogens (tertiary/aromatic N) is 2. The van der Waals surface area contributed by atoms with Crippen LogP contribution in [0.25, 0.3) is 0 Å². The maximum absolute atomic E-state index is 9.95. The van der Waals surface area contributed by atoms with Crippen molar-refractivity contribution in [2.45, 2.75) is 29.8 Å². The number of hydrogen-bond acceptors (Lipinski definition) is 6. The van der Waals surface area contributed by atoms with Gasteiger partial charge < -0.3 is 25.0 Å². The minimum atomic E-state index is -1.13. The molecule has 3 N–H and O–H groups in total. The number of fused-ring (bicyclic) bond motifs is 1. The van der Waals surface area contributed by atoms with Crippen molar-refractivity contribution in [2.75, 3.05) is 20.7 Å². The van der Waals surface area contributed by atoms with Gasteiger partial charge in [-0.05, 0) is 0 Å². The predicted octanol–water partition coefficient (Wildman–Crippen LogP) is -1.68. The molecule has 0 radical (unpaired) electrons. The third kappa shape index (κ3) is 1.99. The minimum absolute atomic E-state index is 0.345. The number of aliphatic imine (C=N–C) groups is 1. The largest absolute Gasteiger partial charge is 0.394 e. The summed E-state index contributed by atoms with van der Waals surface area (Å²) in [5.41, 5.74) is 5.62. The molecule has 17 heavy (non-hydrogen) atoms. The molecule has 0 amide bonds. The Morgan fingerprint density at radius 3 is 2.59 bits per heavy atom. The summed E-state index contributed by atoms with van der Waals surface area (Å²) in [5, 5.41) is 29.5. The first-order valence-electron chi connectivity index (χ1n) is 5.39. The van der Waals surface area contributed by atoms with Crippen molar-refractivity contribution in [1.82, 2.24) is 4.90 Å². The van der Waals surface area contributed by atoms with Gasteiger partial charge in [-0.2, -0.15) is 0 Å². The summed E-state index contributed by atoms with van der Waals surface area (Å²) < 4.78 is 5.54. The summed E-state index contributed by atoms with van der Waals surface area (Å²) in [6.07, 6.45) is -2.97. The lowest BCUT2D eigenvalue weighted by molar-refractivity contribution is -0.164. The molecule has 0 aliphatic carbocycles. The van der Waals surface area contributed by atoms with E-state index in [1.165, 1.54) is 0 Å². The topological polar surface area (TPSA) is 85.5 Å². The lowest BCUT2D eigenvalue weighted by atomic mass is 9.99. The molecular formula is C10H18N2O4S. The van der Waals surface area contributed by atoms with Gasteiger partial charge in [-0.15, -0.1) is 16.0 Å². The molecule has 0 saturated carbocycles. The molecule has 98 valence electrons. The third-order valence-electron chi connectivity index (χ3n) is 3.04. The van der Waals surface area contributed by atoms with Crippen LogP contribution in [-0.2, 0) is 4.74 Å². The van der Waals surface area contributed by atoms with E-state index >= 15 is 0 Å². The zero-order valence-corrected chi connectivity index (χ0v) is 10.7. The standard InChI is InChI=1S/C10H18N2O4S/c1-12(2)10-11-6-8(15)7(14)5(4-13)16-9(6)17(10)3/h3,5-9,13-15,17H,4H2,1-2H3/t5-,6-,7+,8-,9-/m1/s1. The molecule has 1 unspecified atom stereocenters. The molecule has 2 rings (SSSR count). The van der Waals surface area contributed by atoms with E-state index < -0.39 is 40.1 Å². The average Bonchev–Trinajstić information content (AvgIpc) is 2.61. The van der Waals surface area contributed by atoms with Gasteiger partial charge in [0.1, 0.15) is 29.8 Å². The second kappa shape index (κ2) is 4.61. The SMILES string of the molecule is C#[SH]1C(N(C)C)=N[C@@H]2[C@@H](O)[C@@H](O)[C@@H](CO)O[C@@H]21. The van der Waals surface area contributed by atoms with Crippen molar-refractivity contribution in [1.29, 1.82) is 0 Å². The highest BCUT2D eigenvalue weighted by Gasteiger charge is 2.48. The Morgan fingerprint density at radius 1 is 1.41 bits per heavy atom. The lowest BCUT2D eigenvalue weighted by Crippen LogP contribution is -2.55. The second-order valence-electron chi connectivity index (χ2n) is 4.45. The van der Waals surface area contributed by atoms with E-state index in [0.29, 0.717) is 5.17 Å². The number of rotatable bonds is 1. The van der Waals surface area contributed by atoms with Gasteiger partial charge in [-0.1, -0.05) is 0 Å². The Hall–Kier alpha value is -0.560. The number of hydrogen-bond donors (Lipinski definition) is 4. The molecular weight excluding hydrogens is 244 g/mol. The fourth-order valence-corrected chi connectivity index (χ4v) is 3.93. The summed E-state index contributed by atoms with van der Waals surface area (Å²) in [5.74, 6) is 0. The first kappa shape index (κ1) is 12.9. The lowest BCUT2D eigenvalue weighted by Gasteiger charge is -2.38. The van der Waals surface area contributed by atoms with E-state index in [-0.39, 0.29) is 6.61 Å². The van der Waals surface area contributed by atoms with Crippen molar-refractivity contribution < 1.29 is 20.1 Å². The van der Waals surface area contributed by atoms with Crippen LogP contribution in [0.15, 0.2) is 4.99 Å². The van der Waals surface area contributed by atoms with Crippen LogP contribution in [-0.4, -0.2) is 75.9 Å². The molecule has 2 heterocycles. The molecule has 0 aromatic carbocycles. The molecule has 1 saturated heterocycles. The van der Waals surface area contributed by atoms with Crippen LogP contribution >= 0.6 is 10.3 Å². The van der Waals surface area contributed by atoms with Crippen LogP contribution in [0.3, 0.4) is 0 Å². The number of amidine groups is 1. The normalized spacial score (nSPS) is 45.3. The van der Waals surface area contributed by atoms with E-state index in [9.17, 15) is 10.2 Å². The van der Waals surface area contributed by atoms with Gasteiger partial charge in [0.25, 0.3) is 0 Å². The number of thiol groups is 1. The van der Waals surface area contributed by atoms with Crippen LogP contribution in [0.2, 0.25) is 0 Å². The van der Waals surface area contributed by atoms with Crippen LogP contribution < -0.4 is 0 Å². The quantitative estimate of drug-likeness (QED) is 0.424. The average molecular weight is 262 g/mol. The van der Waals surface area contributed by atoms with Crippen molar-refractivity contribution in [2.24, 2.45) is 4.99 Å². The molecule has 2 aliphatic rings. The zero-order chi connectivity index (χ0) is 12.7. The smallest absolute Gasteiger partial charge is 0.150 e. The van der Waals surface area contributed by atoms with E-state index in [1.54, 1.807) is 4.90 Å². The Morgan fingerprint density at radius 2 is 2.06 bits per heavy atom. The van der Waals surface area contributed by atoms with Crippen LogP contribution in [0, 0.1) is 5.69 Å².